The Morgan fingerprint density at radius 2 is 1.83 bits per heavy atom. The van der Waals surface area contributed by atoms with Gasteiger partial charge in [0.2, 0.25) is 11.8 Å². The highest BCUT2D eigenvalue weighted by molar-refractivity contribution is 8.01. The quantitative estimate of drug-likeness (QED) is 0.155. The monoisotopic (exact) mass is 652 g/mol. The van der Waals surface area contributed by atoms with Crippen molar-refractivity contribution in [2.75, 3.05) is 12.3 Å². The molecule has 2 amide bonds. The maximum Gasteiger partial charge on any atom is 0.322 e. The molecule has 1 spiro atoms. The number of nitrogens with zero attached hydrogens (tertiary/aromatic N) is 1. The largest absolute Gasteiger partial charge is 0.480 e. The molecule has 12 nitrogen and oxygen atoms in total. The molecule has 1 aliphatic heterocycles. The normalized spacial score (nSPS) is 26.3. The van der Waals surface area contributed by atoms with Gasteiger partial charge >= 0.3 is 17.9 Å². The predicted molar refractivity (Wildman–Crippen MR) is 169 cm³/mol. The summed E-state index contributed by atoms with van der Waals surface area (Å²) in [4.78, 5) is 65.8. The van der Waals surface area contributed by atoms with Crippen LogP contribution < -0.4 is 16.4 Å². The lowest BCUT2D eigenvalue weighted by Crippen LogP contribution is -2.50. The number of nitrogens with two attached hydrogens (primary N) is 1. The number of allylic oxidation sites excluding steroid dienone is 2. The van der Waals surface area contributed by atoms with Gasteiger partial charge < -0.3 is 31.3 Å². The first-order valence-electron chi connectivity index (χ1n) is 15.7. The van der Waals surface area contributed by atoms with Crippen LogP contribution in [0.1, 0.15) is 63.4 Å². The molecule has 2 heterocycles. The smallest absolute Gasteiger partial charge is 0.322 e. The van der Waals surface area contributed by atoms with Crippen LogP contribution in [0.3, 0.4) is 0 Å². The van der Waals surface area contributed by atoms with Crippen molar-refractivity contribution in [1.82, 2.24) is 15.6 Å². The molecule has 5 atom stereocenters. The van der Waals surface area contributed by atoms with Crippen LogP contribution in [0.5, 0.6) is 0 Å². The molecule has 4 aliphatic rings. The fraction of sp³-hybridized carbons (Fsp3) is 0.515. The van der Waals surface area contributed by atoms with Crippen LogP contribution in [-0.4, -0.2) is 74.0 Å². The fourth-order valence-corrected chi connectivity index (χ4v) is 8.36. The van der Waals surface area contributed by atoms with E-state index in [9.17, 15) is 24.0 Å². The number of carbonyl (C=O) groups excluding carboxylic acids is 3. The van der Waals surface area contributed by atoms with E-state index < -0.39 is 53.0 Å². The van der Waals surface area contributed by atoms with Gasteiger partial charge in [0.1, 0.15) is 30.3 Å². The molecule has 2 bridgehead atoms. The molecule has 246 valence electrons. The fourth-order valence-electron chi connectivity index (χ4n) is 6.93. The van der Waals surface area contributed by atoms with Gasteiger partial charge in [-0.15, -0.1) is 11.8 Å². The van der Waals surface area contributed by atoms with E-state index in [1.807, 2.05) is 18.2 Å². The summed E-state index contributed by atoms with van der Waals surface area (Å²) in [5.41, 5.74) is 8.48. The summed E-state index contributed by atoms with van der Waals surface area (Å²) >= 11 is 1.39. The van der Waals surface area contributed by atoms with E-state index in [1.165, 1.54) is 17.3 Å². The third-order valence-corrected chi connectivity index (χ3v) is 10.8. The van der Waals surface area contributed by atoms with Gasteiger partial charge in [0.25, 0.3) is 0 Å². The van der Waals surface area contributed by atoms with Crippen LogP contribution in [0, 0.1) is 11.3 Å². The van der Waals surface area contributed by atoms with Crippen LogP contribution in [0.25, 0.3) is 0 Å². The summed E-state index contributed by atoms with van der Waals surface area (Å²) in [6, 6.07) is 1.61. The minimum absolute atomic E-state index is 0.0572. The summed E-state index contributed by atoms with van der Waals surface area (Å²) in [6.45, 7) is -0.629. The van der Waals surface area contributed by atoms with Crippen LogP contribution in [0.2, 0.25) is 0 Å². The van der Waals surface area contributed by atoms with Gasteiger partial charge in [-0.1, -0.05) is 49.5 Å². The highest BCUT2D eigenvalue weighted by Crippen LogP contribution is 2.60. The zero-order valence-electron chi connectivity index (χ0n) is 25.5. The highest BCUT2D eigenvalue weighted by Gasteiger charge is 2.56. The molecule has 46 heavy (non-hydrogen) atoms. The predicted octanol–water partition coefficient (Wildman–Crippen LogP) is 2.64. The molecular weight excluding hydrogens is 612 g/mol. The van der Waals surface area contributed by atoms with Crippen LogP contribution in [0.4, 0.5) is 0 Å². The second kappa shape index (κ2) is 14.2. The van der Waals surface area contributed by atoms with E-state index in [-0.39, 0.29) is 30.0 Å². The molecule has 0 aromatic carbocycles. The summed E-state index contributed by atoms with van der Waals surface area (Å²) in [5.74, 6) is -3.87. The zero-order chi connectivity index (χ0) is 32.9. The second-order valence-corrected chi connectivity index (χ2v) is 13.8. The third-order valence-electron chi connectivity index (χ3n) is 9.22. The summed E-state index contributed by atoms with van der Waals surface area (Å²) < 4.78 is 5.40. The molecule has 0 saturated heterocycles. The van der Waals surface area contributed by atoms with Gasteiger partial charge in [-0.2, -0.15) is 0 Å². The standard InChI is InChI=1S/C33H40N4O8S/c34-23(30(42)43)5-6-25(38)37-24(29(41)36-18-26(39)40)19-46-33-10-4-2-1-3-9-32(11-12-33)17-21(15-20-7-13-35-14-8-20)16-22-27(32)28(33)45-31(22)44/h7-8,11-14,16,22-24H,1-6,9-10,15,17-19,34H2,(H,36,41)(H,37,38)(H,39,40)(H,42,43). The molecule has 0 saturated carbocycles. The Kier molecular flexibility index (Phi) is 10.3. The van der Waals surface area contributed by atoms with E-state index >= 15 is 0 Å². The number of carboxylic acid groups (broad SMARTS) is 2. The zero-order valence-corrected chi connectivity index (χ0v) is 26.4. The van der Waals surface area contributed by atoms with Crippen molar-refractivity contribution in [3.05, 3.63) is 65.2 Å². The van der Waals surface area contributed by atoms with Crippen molar-refractivity contribution in [1.29, 1.82) is 0 Å². The molecule has 3 aliphatic carbocycles. The number of esters is 1. The first kappa shape index (κ1) is 33.4. The average molecular weight is 653 g/mol. The molecule has 1 aromatic heterocycles. The Hall–Kier alpha value is -3.97. The van der Waals surface area contributed by atoms with Crippen molar-refractivity contribution in [3.8, 4) is 0 Å². The number of fused-ring (bicyclic) bond motifs is 2. The molecule has 5 rings (SSSR count). The second-order valence-electron chi connectivity index (χ2n) is 12.5. The van der Waals surface area contributed by atoms with Gasteiger partial charge in [0.15, 0.2) is 0 Å². The number of amides is 2. The highest BCUT2D eigenvalue weighted by atomic mass is 32.2. The number of pyridine rings is 1. The summed E-state index contributed by atoms with van der Waals surface area (Å²) in [6.07, 6.45) is 16.5. The number of carbonyl (C=O) groups is 5. The number of rotatable bonds is 13. The number of hydrogen-bond acceptors (Lipinski definition) is 9. The first-order chi connectivity index (χ1) is 22.0. The molecule has 0 radical (unpaired) electrons. The maximum absolute atomic E-state index is 13.5. The number of aromatic nitrogens is 1. The number of hydrogen-bond donors (Lipinski definition) is 5. The van der Waals surface area contributed by atoms with Crippen molar-refractivity contribution in [2.45, 2.75) is 81.0 Å². The van der Waals surface area contributed by atoms with Crippen molar-refractivity contribution in [3.63, 3.8) is 0 Å². The lowest BCUT2D eigenvalue weighted by Gasteiger charge is -2.45. The van der Waals surface area contributed by atoms with E-state index in [0.29, 0.717) is 18.6 Å². The van der Waals surface area contributed by atoms with Gasteiger partial charge in [-0.3, -0.25) is 29.0 Å². The molecule has 6 N–H and O–H groups in total. The Morgan fingerprint density at radius 1 is 1.09 bits per heavy atom. The third kappa shape index (κ3) is 7.36. The summed E-state index contributed by atoms with van der Waals surface area (Å²) in [7, 11) is 0. The van der Waals surface area contributed by atoms with E-state index in [1.54, 1.807) is 12.4 Å². The minimum atomic E-state index is -1.24. The average Bonchev–Trinajstić information content (AvgIpc) is 3.38. The van der Waals surface area contributed by atoms with Crippen molar-refractivity contribution < 1.29 is 38.9 Å². The van der Waals surface area contributed by atoms with Crippen molar-refractivity contribution in [2.24, 2.45) is 17.1 Å². The Labute approximate surface area is 271 Å². The molecule has 5 unspecified atom stereocenters. The number of aliphatic carboxylic acids is 2. The van der Waals surface area contributed by atoms with Gasteiger partial charge in [-0.05, 0) is 55.4 Å². The molecular formula is C33H40N4O8S. The Bertz CT molecular complexity index is 1480. The minimum Gasteiger partial charge on any atom is -0.480 e. The van der Waals surface area contributed by atoms with Crippen LogP contribution in [0.15, 0.2) is 59.7 Å². The Balaban J connectivity index is 1.42. The Morgan fingerprint density at radius 3 is 2.54 bits per heavy atom. The number of nitrogens with one attached hydrogen (secondary N) is 2. The van der Waals surface area contributed by atoms with Gasteiger partial charge in [-0.25, -0.2) is 0 Å². The SMILES string of the molecule is NC(CCC(=O)NC(CSC12C=CC3(CCCCCC1)CC(Cc1ccncc1)=CC1C(=O)OC2=C13)C(=O)NCC(=O)O)C(=O)O. The van der Waals surface area contributed by atoms with Gasteiger partial charge in [0.05, 0.1) is 4.75 Å². The van der Waals surface area contributed by atoms with Crippen LogP contribution in [-0.2, 0) is 35.1 Å². The number of thioether (sulfide) groups is 1. The lowest BCUT2D eigenvalue weighted by molar-refractivity contribution is -0.140. The number of ether oxygens (including phenoxy) is 1. The van der Waals surface area contributed by atoms with Gasteiger partial charge in [0, 0.05) is 30.0 Å². The molecule has 13 heteroatoms. The topological polar surface area (TPSA) is 198 Å². The summed E-state index contributed by atoms with van der Waals surface area (Å²) in [5, 5.41) is 23.1. The number of carboxylic acids is 2. The van der Waals surface area contributed by atoms with E-state index in [4.69, 9.17) is 20.7 Å². The maximum atomic E-state index is 13.5. The van der Waals surface area contributed by atoms with Crippen LogP contribution >= 0.6 is 11.8 Å². The molecule has 1 aromatic rings. The first-order valence-corrected chi connectivity index (χ1v) is 16.7. The van der Waals surface area contributed by atoms with E-state index in [2.05, 4.69) is 27.8 Å². The van der Waals surface area contributed by atoms with Crippen molar-refractivity contribution >= 4 is 41.5 Å². The molecule has 0 fully saturated rings. The van der Waals surface area contributed by atoms with E-state index in [0.717, 1.165) is 49.7 Å². The lowest BCUT2D eigenvalue weighted by atomic mass is 9.60.